The number of thiazole rings is 1. The van der Waals surface area contributed by atoms with Crippen LogP contribution in [0.15, 0.2) is 29.8 Å². The fourth-order valence-electron chi connectivity index (χ4n) is 1.91. The van der Waals surface area contributed by atoms with Gasteiger partial charge in [0.25, 0.3) is 0 Å². The van der Waals surface area contributed by atoms with Gasteiger partial charge in [-0.1, -0.05) is 26.8 Å². The van der Waals surface area contributed by atoms with E-state index in [9.17, 15) is 5.11 Å². The third kappa shape index (κ3) is 4.39. The van der Waals surface area contributed by atoms with Crippen LogP contribution in [0.4, 0.5) is 0 Å². The van der Waals surface area contributed by atoms with Gasteiger partial charge in [-0.3, -0.25) is 4.98 Å². The Morgan fingerprint density at radius 2 is 2.10 bits per heavy atom. The molecule has 0 saturated heterocycles. The van der Waals surface area contributed by atoms with Crippen LogP contribution < -0.4 is 0 Å². The Bertz CT molecular complexity index is 531. The van der Waals surface area contributed by atoms with Crippen LogP contribution in [0, 0.1) is 0 Å². The zero-order valence-corrected chi connectivity index (χ0v) is 13.2. The highest BCUT2D eigenvalue weighted by Gasteiger charge is 2.18. The standard InChI is InChI=1S/C16H22N2OS/c1-16(2,3)14-11-20-15(18-14)10-13(19)8-7-12-6-4-5-9-17-12/h4-6,9,11,13,19H,7-8,10H2,1-3H3. The van der Waals surface area contributed by atoms with E-state index in [0.29, 0.717) is 6.42 Å². The first-order valence-corrected chi connectivity index (χ1v) is 7.86. The van der Waals surface area contributed by atoms with Crippen molar-refractivity contribution in [1.82, 2.24) is 9.97 Å². The van der Waals surface area contributed by atoms with E-state index in [1.165, 1.54) is 0 Å². The van der Waals surface area contributed by atoms with Crippen molar-refractivity contribution in [2.24, 2.45) is 0 Å². The highest BCUT2D eigenvalue weighted by molar-refractivity contribution is 7.09. The minimum atomic E-state index is -0.351. The van der Waals surface area contributed by atoms with Crippen LogP contribution in [-0.2, 0) is 18.3 Å². The van der Waals surface area contributed by atoms with Crippen LogP contribution in [0.2, 0.25) is 0 Å². The second-order valence-corrected chi connectivity index (χ2v) is 7.04. The summed E-state index contributed by atoms with van der Waals surface area (Å²) < 4.78 is 0. The van der Waals surface area contributed by atoms with E-state index in [1.807, 2.05) is 18.2 Å². The lowest BCUT2D eigenvalue weighted by Gasteiger charge is -2.14. The Kier molecular flexibility index (Phi) is 4.89. The smallest absolute Gasteiger partial charge is 0.0954 e. The van der Waals surface area contributed by atoms with Crippen LogP contribution in [-0.4, -0.2) is 21.2 Å². The van der Waals surface area contributed by atoms with Crippen molar-refractivity contribution in [3.05, 3.63) is 46.2 Å². The molecule has 0 aliphatic rings. The number of nitrogens with zero attached hydrogens (tertiary/aromatic N) is 2. The Morgan fingerprint density at radius 1 is 1.30 bits per heavy atom. The number of aliphatic hydroxyl groups excluding tert-OH is 1. The predicted molar refractivity (Wildman–Crippen MR) is 83.1 cm³/mol. The molecule has 4 heteroatoms. The third-order valence-electron chi connectivity index (χ3n) is 3.19. The fraction of sp³-hybridized carbons (Fsp3) is 0.500. The second-order valence-electron chi connectivity index (χ2n) is 6.09. The molecular weight excluding hydrogens is 268 g/mol. The minimum Gasteiger partial charge on any atom is -0.393 e. The number of aliphatic hydroxyl groups is 1. The molecule has 0 aliphatic carbocycles. The molecule has 108 valence electrons. The van der Waals surface area contributed by atoms with E-state index in [4.69, 9.17) is 0 Å². The van der Waals surface area contributed by atoms with Crippen LogP contribution in [0.5, 0.6) is 0 Å². The maximum atomic E-state index is 10.1. The highest BCUT2D eigenvalue weighted by Crippen LogP contribution is 2.24. The van der Waals surface area contributed by atoms with E-state index < -0.39 is 0 Å². The molecule has 0 amide bonds. The molecule has 0 spiro atoms. The van der Waals surface area contributed by atoms with Crippen molar-refractivity contribution in [1.29, 1.82) is 0 Å². The molecular formula is C16H22N2OS. The van der Waals surface area contributed by atoms with Crippen LogP contribution >= 0.6 is 11.3 Å². The monoisotopic (exact) mass is 290 g/mol. The van der Waals surface area contributed by atoms with Crippen molar-refractivity contribution >= 4 is 11.3 Å². The average molecular weight is 290 g/mol. The Hall–Kier alpha value is -1.26. The topological polar surface area (TPSA) is 46.0 Å². The van der Waals surface area contributed by atoms with E-state index >= 15 is 0 Å². The van der Waals surface area contributed by atoms with Crippen LogP contribution in [0.3, 0.4) is 0 Å². The summed E-state index contributed by atoms with van der Waals surface area (Å²) in [4.78, 5) is 8.89. The highest BCUT2D eigenvalue weighted by atomic mass is 32.1. The summed E-state index contributed by atoms with van der Waals surface area (Å²) in [5.41, 5.74) is 2.21. The second kappa shape index (κ2) is 6.46. The van der Waals surface area contributed by atoms with Crippen LogP contribution in [0.1, 0.15) is 43.6 Å². The van der Waals surface area contributed by atoms with Gasteiger partial charge in [-0.15, -0.1) is 11.3 Å². The van der Waals surface area contributed by atoms with Gasteiger partial charge >= 0.3 is 0 Å². The number of rotatable bonds is 5. The van der Waals surface area contributed by atoms with Crippen molar-refractivity contribution in [2.75, 3.05) is 0 Å². The summed E-state index contributed by atoms with van der Waals surface area (Å²) in [5, 5.41) is 13.2. The van der Waals surface area contributed by atoms with Crippen molar-refractivity contribution < 1.29 is 5.11 Å². The van der Waals surface area contributed by atoms with Gasteiger partial charge in [0, 0.05) is 29.1 Å². The van der Waals surface area contributed by atoms with E-state index in [1.54, 1.807) is 17.5 Å². The molecule has 1 unspecified atom stereocenters. The molecule has 2 rings (SSSR count). The zero-order chi connectivity index (χ0) is 14.6. The molecule has 1 atom stereocenters. The molecule has 0 aliphatic heterocycles. The van der Waals surface area contributed by atoms with Gasteiger partial charge < -0.3 is 5.11 Å². The molecule has 2 aromatic heterocycles. The molecule has 2 aromatic rings. The molecule has 1 N–H and O–H groups in total. The third-order valence-corrected chi connectivity index (χ3v) is 4.06. The summed E-state index contributed by atoms with van der Waals surface area (Å²) >= 11 is 1.64. The normalized spacial score (nSPS) is 13.4. The summed E-state index contributed by atoms with van der Waals surface area (Å²) in [6.07, 6.45) is 3.60. The summed E-state index contributed by atoms with van der Waals surface area (Å²) in [6, 6.07) is 5.88. The van der Waals surface area contributed by atoms with Crippen molar-refractivity contribution in [2.45, 2.75) is 51.6 Å². The Balaban J connectivity index is 1.85. The summed E-state index contributed by atoms with van der Waals surface area (Å²) in [7, 11) is 0. The summed E-state index contributed by atoms with van der Waals surface area (Å²) in [6.45, 7) is 6.47. The Labute approximate surface area is 124 Å². The van der Waals surface area contributed by atoms with Gasteiger partial charge in [0.2, 0.25) is 0 Å². The first-order chi connectivity index (χ1) is 9.45. The lowest BCUT2D eigenvalue weighted by Crippen LogP contribution is -2.14. The maximum absolute atomic E-state index is 10.1. The lowest BCUT2D eigenvalue weighted by atomic mass is 9.93. The minimum absolute atomic E-state index is 0.0770. The lowest BCUT2D eigenvalue weighted by molar-refractivity contribution is 0.164. The molecule has 0 fully saturated rings. The van der Waals surface area contributed by atoms with Gasteiger partial charge in [-0.25, -0.2) is 4.98 Å². The first kappa shape index (κ1) is 15.1. The number of aromatic nitrogens is 2. The van der Waals surface area contributed by atoms with Gasteiger partial charge in [0.1, 0.15) is 0 Å². The number of hydrogen-bond acceptors (Lipinski definition) is 4. The van der Waals surface area contributed by atoms with Gasteiger partial charge in [0.05, 0.1) is 16.8 Å². The number of hydrogen-bond donors (Lipinski definition) is 1. The van der Waals surface area contributed by atoms with Crippen molar-refractivity contribution in [3.63, 3.8) is 0 Å². The van der Waals surface area contributed by atoms with Gasteiger partial charge in [-0.05, 0) is 25.0 Å². The predicted octanol–water partition coefficient (Wildman–Crippen LogP) is 3.37. The fourth-order valence-corrected chi connectivity index (χ4v) is 3.01. The average Bonchev–Trinajstić information content (AvgIpc) is 2.86. The SMILES string of the molecule is CC(C)(C)c1csc(CC(O)CCc2ccccn2)n1. The maximum Gasteiger partial charge on any atom is 0.0954 e. The molecule has 2 heterocycles. The van der Waals surface area contributed by atoms with Crippen LogP contribution in [0.25, 0.3) is 0 Å². The quantitative estimate of drug-likeness (QED) is 0.918. The molecule has 3 nitrogen and oxygen atoms in total. The Morgan fingerprint density at radius 3 is 2.70 bits per heavy atom. The number of aryl methyl sites for hydroxylation is 1. The molecule has 20 heavy (non-hydrogen) atoms. The van der Waals surface area contributed by atoms with E-state index in [2.05, 4.69) is 36.1 Å². The van der Waals surface area contributed by atoms with Crippen molar-refractivity contribution in [3.8, 4) is 0 Å². The largest absolute Gasteiger partial charge is 0.393 e. The first-order valence-electron chi connectivity index (χ1n) is 6.98. The molecule has 0 radical (unpaired) electrons. The molecule has 0 aromatic carbocycles. The van der Waals surface area contributed by atoms with Gasteiger partial charge in [-0.2, -0.15) is 0 Å². The van der Waals surface area contributed by atoms with E-state index in [-0.39, 0.29) is 11.5 Å². The zero-order valence-electron chi connectivity index (χ0n) is 12.3. The summed E-state index contributed by atoms with van der Waals surface area (Å²) in [5.74, 6) is 0. The number of pyridine rings is 1. The van der Waals surface area contributed by atoms with E-state index in [0.717, 1.165) is 29.2 Å². The molecule has 0 bridgehead atoms. The molecule has 0 saturated carbocycles. The van der Waals surface area contributed by atoms with Gasteiger partial charge in [0.15, 0.2) is 0 Å².